The maximum absolute atomic E-state index is 12.7. The Morgan fingerprint density at radius 2 is 1.10 bits per heavy atom. The van der Waals surface area contributed by atoms with Crippen LogP contribution in [0.3, 0.4) is 0 Å². The van der Waals surface area contributed by atoms with Crippen LogP contribution in [0.1, 0.15) is 90.9 Å². The maximum atomic E-state index is 12.7. The summed E-state index contributed by atoms with van der Waals surface area (Å²) in [6.07, 6.45) is 5.93. The van der Waals surface area contributed by atoms with E-state index < -0.39 is 36.9 Å². The molecule has 0 heterocycles. The molecular weight excluding hydrogens is 374 g/mol. The molecule has 0 aromatic rings. The zero-order valence-corrected chi connectivity index (χ0v) is 18.5. The van der Waals surface area contributed by atoms with Gasteiger partial charge in [0.15, 0.2) is 6.10 Å². The monoisotopic (exact) mass is 419 g/mol. The van der Waals surface area contributed by atoms with Crippen molar-refractivity contribution in [2.75, 3.05) is 19.7 Å². The van der Waals surface area contributed by atoms with Gasteiger partial charge in [0.05, 0.1) is 6.61 Å². The molecule has 0 aromatic heterocycles. The molecule has 1 amide bonds. The molecular formula is C22H45NO6. The second kappa shape index (κ2) is 18.1. The van der Waals surface area contributed by atoms with Crippen LogP contribution < -0.4 is 0 Å². The summed E-state index contributed by atoms with van der Waals surface area (Å²) < 4.78 is 0. The van der Waals surface area contributed by atoms with Crippen molar-refractivity contribution in [2.24, 2.45) is 0 Å². The van der Waals surface area contributed by atoms with Crippen LogP contribution >= 0.6 is 0 Å². The molecule has 0 aliphatic rings. The van der Waals surface area contributed by atoms with Crippen LogP contribution in [0.25, 0.3) is 0 Å². The largest absolute Gasteiger partial charge is 0.394 e. The average Bonchev–Trinajstić information content (AvgIpc) is 2.74. The molecule has 0 aliphatic carbocycles. The van der Waals surface area contributed by atoms with Gasteiger partial charge in [0.2, 0.25) is 0 Å². The maximum Gasteiger partial charge on any atom is 0.254 e. The summed E-state index contributed by atoms with van der Waals surface area (Å²) in [5.74, 6) is -0.635. The molecule has 0 spiro atoms. The Balaban J connectivity index is 4.66. The first-order chi connectivity index (χ1) is 13.9. The van der Waals surface area contributed by atoms with Crippen molar-refractivity contribution < 1.29 is 30.3 Å². The van der Waals surface area contributed by atoms with Gasteiger partial charge in [-0.1, -0.05) is 78.1 Å². The first kappa shape index (κ1) is 28.3. The average molecular weight is 420 g/mol. The summed E-state index contributed by atoms with van der Waals surface area (Å²) in [4.78, 5) is 14.3. The number of rotatable bonds is 19. The molecule has 0 aliphatic heterocycles. The van der Waals surface area contributed by atoms with Gasteiger partial charge in [0, 0.05) is 13.1 Å². The van der Waals surface area contributed by atoms with Crippen LogP contribution in [0, 0.1) is 0 Å². The fourth-order valence-electron chi connectivity index (χ4n) is 3.35. The van der Waals surface area contributed by atoms with Crippen LogP contribution in [0.15, 0.2) is 0 Å². The van der Waals surface area contributed by atoms with E-state index in [9.17, 15) is 25.2 Å². The van der Waals surface area contributed by atoms with Gasteiger partial charge in [-0.15, -0.1) is 0 Å². The Bertz CT molecular complexity index is 379. The van der Waals surface area contributed by atoms with E-state index in [0.717, 1.165) is 38.5 Å². The highest BCUT2D eigenvalue weighted by atomic mass is 16.4. The zero-order chi connectivity index (χ0) is 22.1. The van der Waals surface area contributed by atoms with E-state index >= 15 is 0 Å². The first-order valence-corrected chi connectivity index (χ1v) is 11.5. The van der Waals surface area contributed by atoms with Crippen molar-refractivity contribution in [1.82, 2.24) is 4.90 Å². The Morgan fingerprint density at radius 3 is 1.52 bits per heavy atom. The van der Waals surface area contributed by atoms with Crippen LogP contribution in [0.2, 0.25) is 0 Å². The molecule has 0 fully saturated rings. The molecule has 0 radical (unpaired) electrons. The Hall–Kier alpha value is -0.730. The van der Waals surface area contributed by atoms with Gasteiger partial charge in [-0.25, -0.2) is 0 Å². The Morgan fingerprint density at radius 1 is 0.690 bits per heavy atom. The Labute approximate surface area is 176 Å². The van der Waals surface area contributed by atoms with Gasteiger partial charge >= 0.3 is 0 Å². The van der Waals surface area contributed by atoms with Crippen LogP contribution in [0.4, 0.5) is 0 Å². The summed E-state index contributed by atoms with van der Waals surface area (Å²) in [6, 6.07) is 0. The third-order valence-electron chi connectivity index (χ3n) is 5.38. The first-order valence-electron chi connectivity index (χ1n) is 11.5. The van der Waals surface area contributed by atoms with Gasteiger partial charge in [-0.3, -0.25) is 4.79 Å². The smallest absolute Gasteiger partial charge is 0.254 e. The van der Waals surface area contributed by atoms with E-state index in [2.05, 4.69) is 13.8 Å². The summed E-state index contributed by atoms with van der Waals surface area (Å²) in [5.41, 5.74) is 0. The fourth-order valence-corrected chi connectivity index (χ4v) is 3.35. The third kappa shape index (κ3) is 12.5. The summed E-state index contributed by atoms with van der Waals surface area (Å²) in [7, 11) is 0. The normalized spacial score (nSPS) is 15.7. The SMILES string of the molecule is CCCCCCCCN(CCCCCCCC)C(=O)C(O)C(O)C(O)C(O)CO. The molecule has 0 rings (SSSR count). The second-order valence-electron chi connectivity index (χ2n) is 8.04. The van der Waals surface area contributed by atoms with Gasteiger partial charge < -0.3 is 30.4 Å². The van der Waals surface area contributed by atoms with E-state index in [1.807, 2.05) is 0 Å². The molecule has 5 N–H and O–H groups in total. The molecule has 4 atom stereocenters. The number of hydrogen-bond acceptors (Lipinski definition) is 6. The number of nitrogens with zero attached hydrogens (tertiary/aromatic N) is 1. The lowest BCUT2D eigenvalue weighted by atomic mass is 10.0. The predicted octanol–water partition coefficient (Wildman–Crippen LogP) is 1.97. The lowest BCUT2D eigenvalue weighted by molar-refractivity contribution is -0.158. The molecule has 0 bridgehead atoms. The van der Waals surface area contributed by atoms with E-state index in [1.165, 1.54) is 38.5 Å². The minimum Gasteiger partial charge on any atom is -0.394 e. The van der Waals surface area contributed by atoms with Crippen molar-refractivity contribution in [3.63, 3.8) is 0 Å². The van der Waals surface area contributed by atoms with Crippen molar-refractivity contribution in [1.29, 1.82) is 0 Å². The fraction of sp³-hybridized carbons (Fsp3) is 0.955. The molecule has 174 valence electrons. The number of carbonyl (C=O) groups excluding carboxylic acids is 1. The van der Waals surface area contributed by atoms with Crippen molar-refractivity contribution in [3.05, 3.63) is 0 Å². The summed E-state index contributed by atoms with van der Waals surface area (Å²) >= 11 is 0. The van der Waals surface area contributed by atoms with E-state index in [1.54, 1.807) is 4.90 Å². The van der Waals surface area contributed by atoms with Gasteiger partial charge in [-0.2, -0.15) is 0 Å². The molecule has 7 heteroatoms. The van der Waals surface area contributed by atoms with Crippen LogP contribution in [-0.2, 0) is 4.79 Å². The number of carbonyl (C=O) groups is 1. The quantitative estimate of drug-likeness (QED) is 0.204. The lowest BCUT2D eigenvalue weighted by Crippen LogP contribution is -2.53. The second-order valence-corrected chi connectivity index (χ2v) is 8.04. The van der Waals surface area contributed by atoms with Crippen molar-refractivity contribution in [2.45, 2.75) is 115 Å². The Kier molecular flexibility index (Phi) is 17.6. The van der Waals surface area contributed by atoms with E-state index in [4.69, 9.17) is 5.11 Å². The lowest BCUT2D eigenvalue weighted by Gasteiger charge is -2.30. The highest BCUT2D eigenvalue weighted by Gasteiger charge is 2.36. The summed E-state index contributed by atoms with van der Waals surface area (Å²) in [6.45, 7) is 4.56. The molecule has 0 saturated heterocycles. The molecule has 29 heavy (non-hydrogen) atoms. The van der Waals surface area contributed by atoms with Crippen molar-refractivity contribution >= 4 is 5.91 Å². The highest BCUT2D eigenvalue weighted by molar-refractivity contribution is 5.81. The third-order valence-corrected chi connectivity index (χ3v) is 5.38. The number of aliphatic hydroxyl groups excluding tert-OH is 5. The molecule has 7 nitrogen and oxygen atoms in total. The van der Waals surface area contributed by atoms with Crippen LogP contribution in [-0.4, -0.2) is 80.5 Å². The van der Waals surface area contributed by atoms with Crippen LogP contribution in [0.5, 0.6) is 0 Å². The minimum atomic E-state index is -1.85. The number of hydrogen-bond donors (Lipinski definition) is 5. The molecule has 4 unspecified atom stereocenters. The number of aliphatic hydroxyl groups is 5. The molecule has 0 aromatic carbocycles. The predicted molar refractivity (Wildman–Crippen MR) is 114 cm³/mol. The van der Waals surface area contributed by atoms with Crippen molar-refractivity contribution in [3.8, 4) is 0 Å². The van der Waals surface area contributed by atoms with E-state index in [-0.39, 0.29) is 0 Å². The minimum absolute atomic E-state index is 0.502. The zero-order valence-electron chi connectivity index (χ0n) is 18.5. The highest BCUT2D eigenvalue weighted by Crippen LogP contribution is 2.13. The van der Waals surface area contributed by atoms with Gasteiger partial charge in [0.25, 0.3) is 5.91 Å². The molecule has 0 saturated carbocycles. The van der Waals surface area contributed by atoms with Gasteiger partial charge in [0.1, 0.15) is 18.3 Å². The standard InChI is InChI=1S/C22H45NO6/c1-3-5-7-9-11-13-15-23(16-14-12-10-8-6-4-2)22(29)21(28)20(27)19(26)18(25)17-24/h18-21,24-28H,3-17H2,1-2H3. The van der Waals surface area contributed by atoms with Gasteiger partial charge in [-0.05, 0) is 12.8 Å². The van der Waals surface area contributed by atoms with E-state index in [0.29, 0.717) is 13.1 Å². The topological polar surface area (TPSA) is 121 Å². The number of unbranched alkanes of at least 4 members (excludes halogenated alkanes) is 10. The summed E-state index contributed by atoms with van der Waals surface area (Å²) in [5, 5.41) is 48.4. The number of amides is 1.